The van der Waals surface area contributed by atoms with Gasteiger partial charge in [-0.05, 0) is 57.2 Å². The molecule has 1 unspecified atom stereocenters. The average molecular weight is 440 g/mol. The van der Waals surface area contributed by atoms with Crippen LogP contribution in [0.2, 0.25) is 0 Å². The number of ketones is 1. The van der Waals surface area contributed by atoms with Gasteiger partial charge in [0.05, 0.1) is 30.3 Å². The minimum atomic E-state index is -1.12. The van der Waals surface area contributed by atoms with Crippen LogP contribution in [-0.4, -0.2) is 54.6 Å². The van der Waals surface area contributed by atoms with Crippen LogP contribution in [0.5, 0.6) is 11.5 Å². The monoisotopic (exact) mass is 440 g/mol. The SMILES string of the molecule is CC(=O)c1ccc(OCC2CN(C(=O)C(C)(C)Oc3ccc(C#N)cc3)CCO2)cc1F. The molecule has 1 heterocycles. The number of carbonyl (C=O) groups is 2. The Morgan fingerprint density at radius 2 is 1.91 bits per heavy atom. The van der Waals surface area contributed by atoms with Crippen molar-refractivity contribution in [3.8, 4) is 17.6 Å². The molecule has 1 saturated heterocycles. The number of halogens is 1. The molecule has 32 heavy (non-hydrogen) atoms. The number of Topliss-reactive ketones (excluding diaryl/α,β-unsaturated/α-hetero) is 1. The van der Waals surface area contributed by atoms with Crippen LogP contribution in [0.15, 0.2) is 42.5 Å². The van der Waals surface area contributed by atoms with Crippen molar-refractivity contribution in [1.29, 1.82) is 5.26 Å². The second kappa shape index (κ2) is 9.79. The van der Waals surface area contributed by atoms with Crippen LogP contribution < -0.4 is 9.47 Å². The number of morpholine rings is 1. The molecule has 0 aromatic heterocycles. The standard InChI is InChI=1S/C24H25FN2O5/c1-16(28)21-9-8-19(12-22(21)25)31-15-20-14-27(10-11-30-20)23(29)24(2,3)32-18-6-4-17(13-26)5-7-18/h4-9,12,20H,10-11,14-15H2,1-3H3. The Bertz CT molecular complexity index is 1030. The Morgan fingerprint density at radius 3 is 2.53 bits per heavy atom. The topological polar surface area (TPSA) is 88.9 Å². The molecule has 0 bridgehead atoms. The van der Waals surface area contributed by atoms with Crippen LogP contribution in [0.3, 0.4) is 0 Å². The van der Waals surface area contributed by atoms with E-state index >= 15 is 0 Å². The molecular weight excluding hydrogens is 415 g/mol. The lowest BCUT2D eigenvalue weighted by Gasteiger charge is -2.37. The molecule has 0 aliphatic carbocycles. The molecule has 0 N–H and O–H groups in total. The molecule has 0 radical (unpaired) electrons. The first-order chi connectivity index (χ1) is 15.2. The molecule has 0 saturated carbocycles. The van der Waals surface area contributed by atoms with Crippen molar-refractivity contribution in [2.24, 2.45) is 0 Å². The van der Waals surface area contributed by atoms with E-state index in [2.05, 4.69) is 0 Å². The fourth-order valence-corrected chi connectivity index (χ4v) is 3.38. The third kappa shape index (κ3) is 5.62. The molecule has 1 aliphatic heterocycles. The van der Waals surface area contributed by atoms with Gasteiger partial charge in [0.2, 0.25) is 0 Å². The van der Waals surface area contributed by atoms with Crippen molar-refractivity contribution in [2.45, 2.75) is 32.5 Å². The molecule has 7 nitrogen and oxygen atoms in total. The van der Waals surface area contributed by atoms with E-state index in [4.69, 9.17) is 19.5 Å². The summed E-state index contributed by atoms with van der Waals surface area (Å²) >= 11 is 0. The van der Waals surface area contributed by atoms with E-state index in [1.54, 1.807) is 43.0 Å². The highest BCUT2D eigenvalue weighted by Gasteiger charge is 2.37. The van der Waals surface area contributed by atoms with E-state index in [0.29, 0.717) is 31.0 Å². The number of hydrogen-bond acceptors (Lipinski definition) is 6. The predicted molar refractivity (Wildman–Crippen MR) is 114 cm³/mol. The Morgan fingerprint density at radius 1 is 1.22 bits per heavy atom. The quantitative estimate of drug-likeness (QED) is 0.614. The summed E-state index contributed by atoms with van der Waals surface area (Å²) in [6.07, 6.45) is -0.394. The molecule has 2 aromatic rings. The van der Waals surface area contributed by atoms with E-state index in [-0.39, 0.29) is 29.6 Å². The smallest absolute Gasteiger partial charge is 0.266 e. The van der Waals surface area contributed by atoms with Crippen LogP contribution in [0.4, 0.5) is 4.39 Å². The second-order valence-corrected chi connectivity index (χ2v) is 8.00. The van der Waals surface area contributed by atoms with Gasteiger partial charge in [0, 0.05) is 12.6 Å². The van der Waals surface area contributed by atoms with E-state index in [1.165, 1.54) is 19.1 Å². The predicted octanol–water partition coefficient (Wildman–Crippen LogP) is 3.36. The number of rotatable bonds is 7. The lowest BCUT2D eigenvalue weighted by atomic mass is 10.1. The van der Waals surface area contributed by atoms with Gasteiger partial charge in [-0.3, -0.25) is 9.59 Å². The zero-order valence-corrected chi connectivity index (χ0v) is 18.3. The van der Waals surface area contributed by atoms with Crippen LogP contribution in [0.25, 0.3) is 0 Å². The number of ether oxygens (including phenoxy) is 3. The molecule has 0 spiro atoms. The van der Waals surface area contributed by atoms with Gasteiger partial charge in [0.25, 0.3) is 5.91 Å². The molecular formula is C24H25FN2O5. The summed E-state index contributed by atoms with van der Waals surface area (Å²) in [4.78, 5) is 26.1. The first kappa shape index (κ1) is 23.2. The van der Waals surface area contributed by atoms with E-state index < -0.39 is 17.5 Å². The summed E-state index contributed by atoms with van der Waals surface area (Å²) in [5.74, 6) is -0.426. The van der Waals surface area contributed by atoms with Gasteiger partial charge in [-0.25, -0.2) is 4.39 Å². The maximum atomic E-state index is 14.0. The van der Waals surface area contributed by atoms with Crippen molar-refractivity contribution in [3.05, 3.63) is 59.4 Å². The lowest BCUT2D eigenvalue weighted by Crippen LogP contribution is -2.55. The Labute approximate surface area is 186 Å². The number of amides is 1. The maximum Gasteiger partial charge on any atom is 0.266 e. The highest BCUT2D eigenvalue weighted by Crippen LogP contribution is 2.23. The third-order valence-electron chi connectivity index (χ3n) is 5.05. The maximum absolute atomic E-state index is 14.0. The third-order valence-corrected chi connectivity index (χ3v) is 5.05. The van der Waals surface area contributed by atoms with Crippen molar-refractivity contribution < 1.29 is 28.2 Å². The van der Waals surface area contributed by atoms with Gasteiger partial charge in [-0.15, -0.1) is 0 Å². The van der Waals surface area contributed by atoms with Gasteiger partial charge >= 0.3 is 0 Å². The number of carbonyl (C=O) groups excluding carboxylic acids is 2. The van der Waals surface area contributed by atoms with Crippen molar-refractivity contribution >= 4 is 11.7 Å². The van der Waals surface area contributed by atoms with E-state index in [1.807, 2.05) is 6.07 Å². The fourth-order valence-electron chi connectivity index (χ4n) is 3.38. The van der Waals surface area contributed by atoms with Gasteiger partial charge in [0.1, 0.15) is 30.0 Å². The van der Waals surface area contributed by atoms with Gasteiger partial charge in [-0.2, -0.15) is 5.26 Å². The summed E-state index contributed by atoms with van der Waals surface area (Å²) < 4.78 is 31.2. The summed E-state index contributed by atoms with van der Waals surface area (Å²) in [6, 6.07) is 12.7. The normalized spacial score (nSPS) is 16.2. The largest absolute Gasteiger partial charge is 0.491 e. The summed E-state index contributed by atoms with van der Waals surface area (Å²) in [7, 11) is 0. The first-order valence-electron chi connectivity index (χ1n) is 10.2. The minimum absolute atomic E-state index is 0.00698. The van der Waals surface area contributed by atoms with Crippen molar-refractivity contribution in [1.82, 2.24) is 4.90 Å². The molecule has 3 rings (SSSR count). The lowest BCUT2D eigenvalue weighted by molar-refractivity contribution is -0.153. The molecule has 168 valence electrons. The highest BCUT2D eigenvalue weighted by molar-refractivity contribution is 5.94. The fraction of sp³-hybridized carbons (Fsp3) is 0.375. The van der Waals surface area contributed by atoms with Crippen LogP contribution in [0, 0.1) is 17.1 Å². The second-order valence-electron chi connectivity index (χ2n) is 8.00. The molecule has 1 amide bonds. The number of nitriles is 1. The van der Waals surface area contributed by atoms with Crippen molar-refractivity contribution in [3.63, 3.8) is 0 Å². The van der Waals surface area contributed by atoms with E-state index in [9.17, 15) is 14.0 Å². The van der Waals surface area contributed by atoms with Crippen LogP contribution in [-0.2, 0) is 9.53 Å². The zero-order chi connectivity index (χ0) is 23.3. The van der Waals surface area contributed by atoms with Gasteiger partial charge in [0.15, 0.2) is 11.4 Å². The number of nitrogens with zero attached hydrogens (tertiary/aromatic N) is 2. The average Bonchev–Trinajstić information content (AvgIpc) is 2.77. The van der Waals surface area contributed by atoms with Gasteiger partial charge < -0.3 is 19.1 Å². The molecule has 1 aliphatic rings. The Hall–Kier alpha value is -3.44. The Balaban J connectivity index is 1.58. The summed E-state index contributed by atoms with van der Waals surface area (Å²) in [6.45, 7) is 5.85. The summed E-state index contributed by atoms with van der Waals surface area (Å²) in [5.41, 5.74) is -0.608. The molecule has 1 atom stereocenters. The number of hydrogen-bond donors (Lipinski definition) is 0. The molecule has 1 fully saturated rings. The van der Waals surface area contributed by atoms with Crippen LogP contribution in [0.1, 0.15) is 36.7 Å². The van der Waals surface area contributed by atoms with E-state index in [0.717, 1.165) is 6.07 Å². The zero-order valence-electron chi connectivity index (χ0n) is 18.3. The summed E-state index contributed by atoms with van der Waals surface area (Å²) in [5, 5.41) is 8.90. The molecule has 2 aromatic carbocycles. The number of benzene rings is 2. The molecule has 8 heteroatoms. The minimum Gasteiger partial charge on any atom is -0.491 e. The highest BCUT2D eigenvalue weighted by atomic mass is 19.1. The van der Waals surface area contributed by atoms with Crippen molar-refractivity contribution in [2.75, 3.05) is 26.3 Å². The van der Waals surface area contributed by atoms with Crippen LogP contribution >= 0.6 is 0 Å². The van der Waals surface area contributed by atoms with Gasteiger partial charge in [-0.1, -0.05) is 0 Å². The first-order valence-corrected chi connectivity index (χ1v) is 10.2. The Kier molecular flexibility index (Phi) is 7.11.